The summed E-state index contributed by atoms with van der Waals surface area (Å²) in [5.74, 6) is -0.432. The molecule has 0 spiro atoms. The summed E-state index contributed by atoms with van der Waals surface area (Å²) in [4.78, 5) is 29.2. The number of carbonyl (C=O) groups is 2. The minimum Gasteiger partial charge on any atom is -0.324 e. The molecule has 2 aromatic carbocycles. The Hall–Kier alpha value is -3.91. The van der Waals surface area contributed by atoms with Crippen molar-refractivity contribution in [3.05, 3.63) is 89.2 Å². The number of aryl methyl sites for hydroxylation is 1. The lowest BCUT2D eigenvalue weighted by molar-refractivity contribution is -0.119. The van der Waals surface area contributed by atoms with E-state index in [1.165, 1.54) is 17.3 Å². The van der Waals surface area contributed by atoms with Crippen LogP contribution >= 0.6 is 11.6 Å². The summed E-state index contributed by atoms with van der Waals surface area (Å²) < 4.78 is 3.47. The lowest BCUT2D eigenvalue weighted by Crippen LogP contribution is -2.24. The fourth-order valence-corrected chi connectivity index (χ4v) is 3.81. The normalized spacial score (nSPS) is 11.8. The summed E-state index contributed by atoms with van der Waals surface area (Å²) in [6.07, 6.45) is 2.87. The molecule has 4 rings (SSSR count). The molecule has 168 valence electrons. The van der Waals surface area contributed by atoms with Crippen LogP contribution < -0.4 is 10.6 Å². The Kier molecular flexibility index (Phi) is 6.28. The van der Waals surface area contributed by atoms with E-state index in [1.807, 2.05) is 48.7 Å². The van der Waals surface area contributed by atoms with Gasteiger partial charge >= 0.3 is 0 Å². The zero-order valence-corrected chi connectivity index (χ0v) is 19.2. The van der Waals surface area contributed by atoms with Crippen molar-refractivity contribution in [2.45, 2.75) is 26.8 Å². The number of hydrogen-bond acceptors (Lipinski definition) is 4. The van der Waals surface area contributed by atoms with E-state index >= 15 is 0 Å². The van der Waals surface area contributed by atoms with E-state index in [2.05, 4.69) is 20.7 Å². The molecule has 1 unspecified atom stereocenters. The standard InChI is InChI=1S/C24H23ClN6O2/c1-15-11-22(16(2)31(15)21-6-4-5-18(25)12-21)24(33)29-20-9-7-19(8-10-20)28-23(32)17(3)30-14-26-13-27-30/h4-14,17H,1-3H3,(H,28,32)(H,29,33). The lowest BCUT2D eigenvalue weighted by atomic mass is 10.2. The largest absolute Gasteiger partial charge is 0.324 e. The summed E-state index contributed by atoms with van der Waals surface area (Å²) in [5.41, 5.74) is 4.46. The average molecular weight is 463 g/mol. The number of aromatic nitrogens is 4. The van der Waals surface area contributed by atoms with Crippen LogP contribution in [0.4, 0.5) is 11.4 Å². The summed E-state index contributed by atoms with van der Waals surface area (Å²) >= 11 is 6.14. The van der Waals surface area contributed by atoms with Crippen molar-refractivity contribution < 1.29 is 9.59 Å². The Morgan fingerprint density at radius 3 is 2.33 bits per heavy atom. The van der Waals surface area contributed by atoms with Gasteiger partial charge in [-0.1, -0.05) is 17.7 Å². The molecule has 0 aliphatic rings. The van der Waals surface area contributed by atoms with E-state index in [1.54, 1.807) is 31.2 Å². The number of rotatable bonds is 6. The summed E-state index contributed by atoms with van der Waals surface area (Å²) in [7, 11) is 0. The van der Waals surface area contributed by atoms with Gasteiger partial charge in [0.25, 0.3) is 5.91 Å². The van der Waals surface area contributed by atoms with Gasteiger partial charge < -0.3 is 15.2 Å². The van der Waals surface area contributed by atoms with Crippen LogP contribution in [0.1, 0.15) is 34.7 Å². The molecule has 2 N–H and O–H groups in total. The van der Waals surface area contributed by atoms with Crippen molar-refractivity contribution in [1.29, 1.82) is 0 Å². The van der Waals surface area contributed by atoms with Crippen LogP contribution in [-0.4, -0.2) is 31.1 Å². The van der Waals surface area contributed by atoms with Crippen molar-refractivity contribution in [3.8, 4) is 5.69 Å². The van der Waals surface area contributed by atoms with Crippen molar-refractivity contribution in [2.24, 2.45) is 0 Å². The molecule has 0 saturated heterocycles. The van der Waals surface area contributed by atoms with Gasteiger partial charge in [-0.3, -0.25) is 9.59 Å². The third-order valence-electron chi connectivity index (χ3n) is 5.37. The van der Waals surface area contributed by atoms with Crippen LogP contribution in [0, 0.1) is 13.8 Å². The summed E-state index contributed by atoms with van der Waals surface area (Å²) in [6, 6.07) is 15.8. The molecule has 0 aliphatic heterocycles. The van der Waals surface area contributed by atoms with E-state index < -0.39 is 6.04 Å². The molecule has 9 heteroatoms. The Labute approximate surface area is 196 Å². The number of benzene rings is 2. The lowest BCUT2D eigenvalue weighted by Gasteiger charge is -2.13. The van der Waals surface area contributed by atoms with Crippen molar-refractivity contribution in [1.82, 2.24) is 19.3 Å². The molecule has 2 amide bonds. The van der Waals surface area contributed by atoms with Gasteiger partial charge in [0.05, 0.1) is 5.56 Å². The smallest absolute Gasteiger partial charge is 0.257 e. The zero-order chi connectivity index (χ0) is 23.5. The van der Waals surface area contributed by atoms with Crippen LogP contribution in [0.3, 0.4) is 0 Å². The molecule has 0 bridgehead atoms. The van der Waals surface area contributed by atoms with Crippen LogP contribution in [0.15, 0.2) is 67.3 Å². The number of amides is 2. The molecule has 2 heterocycles. The van der Waals surface area contributed by atoms with Gasteiger partial charge in [0.2, 0.25) is 5.91 Å². The van der Waals surface area contributed by atoms with Gasteiger partial charge in [-0.25, -0.2) is 9.67 Å². The number of carbonyl (C=O) groups excluding carboxylic acids is 2. The van der Waals surface area contributed by atoms with Crippen LogP contribution in [-0.2, 0) is 4.79 Å². The Balaban J connectivity index is 1.45. The van der Waals surface area contributed by atoms with Gasteiger partial charge in [-0.05, 0) is 69.3 Å². The highest BCUT2D eigenvalue weighted by Gasteiger charge is 2.18. The second-order valence-electron chi connectivity index (χ2n) is 7.67. The average Bonchev–Trinajstić information content (AvgIpc) is 3.42. The second kappa shape index (κ2) is 9.30. The Morgan fingerprint density at radius 1 is 1.00 bits per heavy atom. The van der Waals surface area contributed by atoms with Gasteiger partial charge in [-0.15, -0.1) is 0 Å². The Morgan fingerprint density at radius 2 is 1.70 bits per heavy atom. The molecule has 33 heavy (non-hydrogen) atoms. The van der Waals surface area contributed by atoms with E-state index in [4.69, 9.17) is 11.6 Å². The first-order chi connectivity index (χ1) is 15.8. The first-order valence-electron chi connectivity index (χ1n) is 10.3. The topological polar surface area (TPSA) is 93.8 Å². The SMILES string of the molecule is Cc1cc(C(=O)Nc2ccc(NC(=O)C(C)n3cncn3)cc2)c(C)n1-c1cccc(Cl)c1. The van der Waals surface area contributed by atoms with Crippen molar-refractivity contribution in [2.75, 3.05) is 10.6 Å². The van der Waals surface area contributed by atoms with Gasteiger partial charge in [0.1, 0.15) is 18.7 Å². The van der Waals surface area contributed by atoms with Gasteiger partial charge in [0.15, 0.2) is 0 Å². The highest BCUT2D eigenvalue weighted by molar-refractivity contribution is 6.30. The fraction of sp³-hybridized carbons (Fsp3) is 0.167. The summed E-state index contributed by atoms with van der Waals surface area (Å²) in [5, 5.41) is 10.4. The van der Waals surface area contributed by atoms with E-state index in [0.717, 1.165) is 17.1 Å². The molecular weight excluding hydrogens is 440 g/mol. The molecule has 8 nitrogen and oxygen atoms in total. The minimum atomic E-state index is -0.498. The zero-order valence-electron chi connectivity index (χ0n) is 18.4. The fourth-order valence-electron chi connectivity index (χ4n) is 3.62. The highest BCUT2D eigenvalue weighted by Crippen LogP contribution is 2.24. The number of nitrogens with one attached hydrogen (secondary N) is 2. The van der Waals surface area contributed by atoms with E-state index in [-0.39, 0.29) is 11.8 Å². The van der Waals surface area contributed by atoms with E-state index in [0.29, 0.717) is 22.0 Å². The molecule has 4 aromatic rings. The first kappa shape index (κ1) is 22.3. The molecule has 1 atom stereocenters. The predicted octanol–water partition coefficient (Wildman–Crippen LogP) is 4.79. The van der Waals surface area contributed by atoms with Crippen molar-refractivity contribution >= 4 is 34.8 Å². The monoisotopic (exact) mass is 462 g/mol. The quantitative estimate of drug-likeness (QED) is 0.430. The molecule has 0 fully saturated rings. The van der Waals surface area contributed by atoms with Crippen molar-refractivity contribution in [3.63, 3.8) is 0 Å². The number of halogens is 1. The molecule has 0 aliphatic carbocycles. The van der Waals surface area contributed by atoms with Crippen LogP contribution in [0.5, 0.6) is 0 Å². The molecule has 0 saturated carbocycles. The third-order valence-corrected chi connectivity index (χ3v) is 5.60. The predicted molar refractivity (Wildman–Crippen MR) is 128 cm³/mol. The van der Waals surface area contributed by atoms with Gasteiger partial charge in [-0.2, -0.15) is 5.10 Å². The molecular formula is C24H23ClN6O2. The molecule has 0 radical (unpaired) electrons. The first-order valence-corrected chi connectivity index (χ1v) is 10.7. The highest BCUT2D eigenvalue weighted by atomic mass is 35.5. The molecule has 2 aromatic heterocycles. The second-order valence-corrected chi connectivity index (χ2v) is 8.11. The number of nitrogens with zero attached hydrogens (tertiary/aromatic N) is 4. The van der Waals surface area contributed by atoms with Crippen LogP contribution in [0.25, 0.3) is 5.69 Å². The number of anilines is 2. The maximum Gasteiger partial charge on any atom is 0.257 e. The maximum absolute atomic E-state index is 12.9. The van der Waals surface area contributed by atoms with Gasteiger partial charge in [0, 0.05) is 33.5 Å². The third kappa shape index (κ3) is 4.80. The number of hydrogen-bond donors (Lipinski definition) is 2. The summed E-state index contributed by atoms with van der Waals surface area (Å²) in [6.45, 7) is 5.58. The maximum atomic E-state index is 12.9. The Bertz CT molecular complexity index is 1300. The van der Waals surface area contributed by atoms with E-state index in [9.17, 15) is 9.59 Å². The van der Waals surface area contributed by atoms with Crippen LogP contribution in [0.2, 0.25) is 5.02 Å². The minimum absolute atomic E-state index is 0.215.